The Morgan fingerprint density at radius 1 is 1.32 bits per heavy atom. The number of nitrogens with one attached hydrogen (secondary N) is 1. The van der Waals surface area contributed by atoms with E-state index in [1.165, 1.54) is 18.4 Å². The lowest BCUT2D eigenvalue weighted by molar-refractivity contribution is 0.504. The Kier molecular flexibility index (Phi) is 5.11. The van der Waals surface area contributed by atoms with Crippen LogP contribution in [0.3, 0.4) is 0 Å². The summed E-state index contributed by atoms with van der Waals surface area (Å²) in [4.78, 5) is 0.321. The van der Waals surface area contributed by atoms with E-state index in [1.807, 2.05) is 0 Å². The highest BCUT2D eigenvalue weighted by Gasteiger charge is 2.26. The third kappa shape index (κ3) is 3.55. The summed E-state index contributed by atoms with van der Waals surface area (Å²) in [6.07, 6.45) is 0. The fourth-order valence-electron chi connectivity index (χ4n) is 1.91. The van der Waals surface area contributed by atoms with E-state index >= 15 is 0 Å². The number of rotatable bonds is 6. The zero-order valence-electron chi connectivity index (χ0n) is 12.6. The minimum Gasteiger partial charge on any atom is -0.313 e. The molecule has 0 radical (unpaired) electrons. The second-order valence-electron chi connectivity index (χ2n) is 5.12. The molecule has 1 aromatic heterocycles. The molecule has 7 heteroatoms. The van der Waals surface area contributed by atoms with Gasteiger partial charge in [0.05, 0.1) is 17.9 Å². The summed E-state index contributed by atoms with van der Waals surface area (Å²) in [5, 5.41) is 7.62. The van der Waals surface area contributed by atoms with Crippen LogP contribution < -0.4 is 5.32 Å². The fourth-order valence-corrected chi connectivity index (χ4v) is 3.17. The first kappa shape index (κ1) is 16.1. The molecule has 0 aliphatic heterocycles. The number of hydrogen-bond acceptors (Lipinski definition) is 4. The van der Waals surface area contributed by atoms with Crippen LogP contribution in [0.2, 0.25) is 0 Å². The highest BCUT2D eigenvalue weighted by Crippen LogP contribution is 2.21. The number of nitrogens with zero attached hydrogens (tertiary/aromatic N) is 3. The van der Waals surface area contributed by atoms with Gasteiger partial charge in [-0.15, -0.1) is 0 Å². The van der Waals surface area contributed by atoms with Crippen molar-refractivity contribution in [2.75, 3.05) is 20.6 Å². The van der Waals surface area contributed by atoms with Crippen LogP contribution in [-0.2, 0) is 16.6 Å². The maximum Gasteiger partial charge on any atom is 0.246 e. The normalized spacial score (nSPS) is 12.6. The van der Waals surface area contributed by atoms with Crippen molar-refractivity contribution in [2.45, 2.75) is 45.2 Å². The molecular formula is C12H24N4O2S. The predicted molar refractivity (Wildman–Crippen MR) is 75.7 cm³/mol. The largest absolute Gasteiger partial charge is 0.313 e. The van der Waals surface area contributed by atoms with Crippen LogP contribution in [0.5, 0.6) is 0 Å². The van der Waals surface area contributed by atoms with Crippen LogP contribution in [0.15, 0.2) is 4.90 Å². The van der Waals surface area contributed by atoms with Gasteiger partial charge in [0.2, 0.25) is 10.0 Å². The first-order valence-corrected chi connectivity index (χ1v) is 7.81. The van der Waals surface area contributed by atoms with Gasteiger partial charge in [-0.05, 0) is 13.8 Å². The fraction of sp³-hybridized carbons (Fsp3) is 0.750. The van der Waals surface area contributed by atoms with Gasteiger partial charge >= 0.3 is 0 Å². The zero-order valence-corrected chi connectivity index (χ0v) is 13.4. The smallest absolute Gasteiger partial charge is 0.246 e. The number of aryl methyl sites for hydroxylation is 1. The van der Waals surface area contributed by atoms with Gasteiger partial charge in [-0.2, -0.15) is 5.10 Å². The van der Waals surface area contributed by atoms with Gasteiger partial charge in [-0.3, -0.25) is 4.68 Å². The summed E-state index contributed by atoms with van der Waals surface area (Å²) < 4.78 is 27.4. The highest BCUT2D eigenvalue weighted by molar-refractivity contribution is 7.89. The maximum absolute atomic E-state index is 12.2. The molecule has 0 saturated carbocycles. The molecule has 0 spiro atoms. The van der Waals surface area contributed by atoms with Crippen LogP contribution in [0.4, 0.5) is 0 Å². The average Bonchev–Trinajstić information content (AvgIpc) is 2.53. The van der Waals surface area contributed by atoms with Crippen LogP contribution in [-0.4, -0.2) is 49.2 Å². The Balaban J connectivity index is 3.02. The van der Waals surface area contributed by atoms with Gasteiger partial charge in [0.15, 0.2) is 0 Å². The van der Waals surface area contributed by atoms with Gasteiger partial charge in [-0.1, -0.05) is 13.8 Å². The molecule has 0 unspecified atom stereocenters. The molecule has 1 aromatic rings. The van der Waals surface area contributed by atoms with E-state index in [-0.39, 0.29) is 0 Å². The summed E-state index contributed by atoms with van der Waals surface area (Å²) in [5.74, 6) is 0. The van der Waals surface area contributed by atoms with Gasteiger partial charge in [0, 0.05) is 26.7 Å². The molecule has 1 N–H and O–H groups in total. The topological polar surface area (TPSA) is 67.2 Å². The molecular weight excluding hydrogens is 264 g/mol. The summed E-state index contributed by atoms with van der Waals surface area (Å²) >= 11 is 0. The van der Waals surface area contributed by atoms with Crippen molar-refractivity contribution in [3.63, 3.8) is 0 Å². The second-order valence-corrected chi connectivity index (χ2v) is 7.21. The number of hydrogen-bond donors (Lipinski definition) is 1. The van der Waals surface area contributed by atoms with Crippen molar-refractivity contribution in [3.8, 4) is 0 Å². The lowest BCUT2D eigenvalue weighted by Crippen LogP contribution is -2.27. The molecule has 1 rings (SSSR count). The van der Waals surface area contributed by atoms with Crippen molar-refractivity contribution in [2.24, 2.45) is 0 Å². The molecule has 0 saturated heterocycles. The van der Waals surface area contributed by atoms with Gasteiger partial charge in [0.1, 0.15) is 4.90 Å². The number of aromatic nitrogens is 2. The average molecular weight is 288 g/mol. The zero-order chi connectivity index (χ0) is 14.8. The van der Waals surface area contributed by atoms with Crippen molar-refractivity contribution in [1.29, 1.82) is 0 Å². The molecule has 0 fully saturated rings. The quantitative estimate of drug-likeness (QED) is 0.839. The summed E-state index contributed by atoms with van der Waals surface area (Å²) in [7, 11) is -0.362. The van der Waals surface area contributed by atoms with Gasteiger partial charge in [0.25, 0.3) is 0 Å². The second kappa shape index (κ2) is 6.02. The minimum absolute atomic E-state index is 0.321. The van der Waals surface area contributed by atoms with Gasteiger partial charge in [-0.25, -0.2) is 12.7 Å². The third-order valence-corrected chi connectivity index (χ3v) is 5.00. The Labute approximate surface area is 115 Å². The Morgan fingerprint density at radius 3 is 2.37 bits per heavy atom. The molecule has 0 aliphatic rings. The Hall–Kier alpha value is -0.920. The molecule has 0 atom stereocenters. The van der Waals surface area contributed by atoms with E-state index < -0.39 is 10.0 Å². The van der Waals surface area contributed by atoms with Crippen LogP contribution in [0, 0.1) is 13.8 Å². The van der Waals surface area contributed by atoms with Crippen LogP contribution >= 0.6 is 0 Å². The van der Waals surface area contributed by atoms with Gasteiger partial charge < -0.3 is 5.32 Å². The van der Waals surface area contributed by atoms with E-state index in [4.69, 9.17) is 0 Å². The molecule has 0 aliphatic carbocycles. The first-order valence-electron chi connectivity index (χ1n) is 6.37. The molecule has 0 amide bonds. The van der Waals surface area contributed by atoms with E-state index in [9.17, 15) is 8.42 Å². The molecule has 1 heterocycles. The predicted octanol–water partition coefficient (Wildman–Crippen LogP) is 0.748. The van der Waals surface area contributed by atoms with Crippen molar-refractivity contribution >= 4 is 10.0 Å². The number of sulfonamides is 1. The van der Waals surface area contributed by atoms with Crippen LogP contribution in [0.1, 0.15) is 25.2 Å². The van der Waals surface area contributed by atoms with E-state index in [0.29, 0.717) is 28.9 Å². The monoisotopic (exact) mass is 288 g/mol. The minimum atomic E-state index is -3.43. The van der Waals surface area contributed by atoms with E-state index in [1.54, 1.807) is 18.5 Å². The SMILES string of the molecule is Cc1nn(CCNC(C)C)c(C)c1S(=O)(=O)N(C)C. The van der Waals surface area contributed by atoms with Crippen LogP contribution in [0.25, 0.3) is 0 Å². The molecule has 19 heavy (non-hydrogen) atoms. The molecule has 110 valence electrons. The van der Waals surface area contributed by atoms with E-state index in [0.717, 1.165) is 6.54 Å². The standard InChI is InChI=1S/C12H24N4O2S/c1-9(2)13-7-8-16-11(4)12(10(3)14-16)19(17,18)15(5)6/h9,13H,7-8H2,1-6H3. The van der Waals surface area contributed by atoms with E-state index in [2.05, 4.69) is 24.3 Å². The Morgan fingerprint density at radius 2 is 1.89 bits per heavy atom. The highest BCUT2D eigenvalue weighted by atomic mass is 32.2. The summed E-state index contributed by atoms with van der Waals surface area (Å²) in [6.45, 7) is 9.10. The molecule has 0 bridgehead atoms. The van der Waals surface area contributed by atoms with Crippen molar-refractivity contribution in [1.82, 2.24) is 19.4 Å². The third-order valence-electron chi connectivity index (χ3n) is 2.93. The maximum atomic E-state index is 12.2. The lowest BCUT2D eigenvalue weighted by atomic mass is 10.4. The Bertz CT molecular complexity index is 532. The first-order chi connectivity index (χ1) is 8.67. The molecule has 0 aromatic carbocycles. The lowest BCUT2D eigenvalue weighted by Gasteiger charge is -2.12. The van der Waals surface area contributed by atoms with Crippen molar-refractivity contribution in [3.05, 3.63) is 11.4 Å². The van der Waals surface area contributed by atoms with Crippen molar-refractivity contribution < 1.29 is 8.42 Å². The summed E-state index contributed by atoms with van der Waals surface area (Å²) in [5.41, 5.74) is 1.24. The summed E-state index contributed by atoms with van der Waals surface area (Å²) in [6, 6.07) is 0.405. The molecule has 6 nitrogen and oxygen atoms in total.